The lowest BCUT2D eigenvalue weighted by molar-refractivity contribution is 0.469. The molecule has 138 valence electrons. The Morgan fingerprint density at radius 1 is 1.04 bits per heavy atom. The fourth-order valence-electron chi connectivity index (χ4n) is 2.16. The molecule has 0 unspecified atom stereocenters. The van der Waals surface area contributed by atoms with Gasteiger partial charge in [-0.2, -0.15) is 5.10 Å². The van der Waals surface area contributed by atoms with Gasteiger partial charge in [0.05, 0.1) is 22.1 Å². The summed E-state index contributed by atoms with van der Waals surface area (Å²) in [6.45, 7) is 3.70. The van der Waals surface area contributed by atoms with Crippen LogP contribution in [0.5, 0.6) is 11.5 Å². The van der Waals surface area contributed by atoms with E-state index in [0.717, 1.165) is 20.3 Å². The maximum atomic E-state index is 9.84. The van der Waals surface area contributed by atoms with Crippen LogP contribution in [-0.4, -0.2) is 20.0 Å². The van der Waals surface area contributed by atoms with Crippen molar-refractivity contribution in [3.05, 3.63) is 61.8 Å². The van der Waals surface area contributed by atoms with Gasteiger partial charge in [-0.05, 0) is 50.2 Å². The van der Waals surface area contributed by atoms with Gasteiger partial charge >= 0.3 is 0 Å². The summed E-state index contributed by atoms with van der Waals surface area (Å²) < 4.78 is 3.28. The molecule has 0 aliphatic rings. The molecule has 0 fully saturated rings. The maximum Gasteiger partial charge on any atom is 0.142 e. The number of nitrogens with one attached hydrogen (secondary N) is 1. The van der Waals surface area contributed by atoms with Crippen LogP contribution in [0, 0.1) is 13.8 Å². The number of aryl methyl sites for hydroxylation is 1. The van der Waals surface area contributed by atoms with Gasteiger partial charge in [-0.15, -0.1) is 0 Å². The first-order valence-electron chi connectivity index (χ1n) is 7.40. The monoisotopic (exact) mass is 502 g/mol. The summed E-state index contributed by atoms with van der Waals surface area (Å²) in [6.07, 6.45) is 0. The van der Waals surface area contributed by atoms with E-state index in [9.17, 15) is 5.11 Å². The molecular weight excluding hydrogens is 487 g/mol. The highest BCUT2D eigenvalue weighted by molar-refractivity contribution is 9.10. The highest BCUT2D eigenvalue weighted by atomic mass is 79.9. The first-order valence-corrected chi connectivity index (χ1v) is 9.36. The van der Waals surface area contributed by atoms with E-state index in [-0.39, 0.29) is 11.5 Å². The van der Waals surface area contributed by atoms with Gasteiger partial charge in [0.1, 0.15) is 17.2 Å². The van der Waals surface area contributed by atoms with Gasteiger partial charge in [-0.25, -0.2) is 4.68 Å². The van der Waals surface area contributed by atoms with Crippen LogP contribution >= 0.6 is 43.5 Å². The minimum Gasteiger partial charge on any atom is -0.506 e. The summed E-state index contributed by atoms with van der Waals surface area (Å²) in [6, 6.07) is 10.3. The molecule has 0 aliphatic heterocycles. The SMILES string of the molecule is Cc1nn(-c2ccc(Br)cc2O)c(C)c1Cl.NNc1ccc(Br)cc1O. The Morgan fingerprint density at radius 2 is 1.62 bits per heavy atom. The number of rotatable bonds is 2. The number of nitrogen functional groups attached to an aromatic ring is 1. The number of benzene rings is 2. The van der Waals surface area contributed by atoms with E-state index < -0.39 is 0 Å². The molecule has 3 rings (SSSR count). The summed E-state index contributed by atoms with van der Waals surface area (Å²) in [5, 5.41) is 23.9. The van der Waals surface area contributed by atoms with E-state index in [2.05, 4.69) is 42.4 Å². The Morgan fingerprint density at radius 3 is 2.08 bits per heavy atom. The molecule has 9 heteroatoms. The molecule has 0 saturated heterocycles. The lowest BCUT2D eigenvalue weighted by atomic mass is 10.3. The Kier molecular flexibility index (Phi) is 6.94. The average molecular weight is 505 g/mol. The zero-order valence-corrected chi connectivity index (χ0v) is 17.9. The number of hydrogen-bond donors (Lipinski definition) is 4. The van der Waals surface area contributed by atoms with Crippen LogP contribution in [0.15, 0.2) is 45.3 Å². The molecule has 3 aromatic rings. The van der Waals surface area contributed by atoms with Crippen LogP contribution in [0.4, 0.5) is 5.69 Å². The zero-order valence-electron chi connectivity index (χ0n) is 14.0. The van der Waals surface area contributed by atoms with Crippen molar-refractivity contribution in [2.45, 2.75) is 13.8 Å². The lowest BCUT2D eigenvalue weighted by Gasteiger charge is -2.06. The minimum absolute atomic E-state index is 0.136. The van der Waals surface area contributed by atoms with E-state index in [4.69, 9.17) is 22.6 Å². The highest BCUT2D eigenvalue weighted by Gasteiger charge is 2.13. The van der Waals surface area contributed by atoms with Gasteiger partial charge in [0.2, 0.25) is 0 Å². The van der Waals surface area contributed by atoms with Crippen LogP contribution < -0.4 is 11.3 Å². The smallest absolute Gasteiger partial charge is 0.142 e. The molecule has 2 aromatic carbocycles. The fraction of sp³-hybridized carbons (Fsp3) is 0.118. The Bertz CT molecular complexity index is 931. The molecule has 6 nitrogen and oxygen atoms in total. The number of anilines is 1. The maximum absolute atomic E-state index is 9.84. The van der Waals surface area contributed by atoms with Crippen LogP contribution in [0.25, 0.3) is 5.69 Å². The van der Waals surface area contributed by atoms with E-state index in [0.29, 0.717) is 16.4 Å². The molecule has 5 N–H and O–H groups in total. The number of phenolic OH excluding ortho intramolecular Hbond substituents is 2. The Labute approximate surface area is 172 Å². The van der Waals surface area contributed by atoms with Crippen molar-refractivity contribution in [3.8, 4) is 17.2 Å². The van der Waals surface area contributed by atoms with Crippen molar-refractivity contribution in [1.29, 1.82) is 0 Å². The van der Waals surface area contributed by atoms with Crippen molar-refractivity contribution in [3.63, 3.8) is 0 Å². The average Bonchev–Trinajstić information content (AvgIpc) is 2.83. The van der Waals surface area contributed by atoms with Gasteiger partial charge < -0.3 is 15.6 Å². The van der Waals surface area contributed by atoms with E-state index >= 15 is 0 Å². The first-order chi connectivity index (χ1) is 12.2. The molecule has 0 radical (unpaired) electrons. The third-order valence-corrected chi connectivity index (χ3v) is 5.02. The van der Waals surface area contributed by atoms with Crippen LogP contribution in [0.1, 0.15) is 11.4 Å². The molecule has 0 atom stereocenters. The van der Waals surface area contributed by atoms with Crippen molar-refractivity contribution in [2.75, 3.05) is 5.43 Å². The summed E-state index contributed by atoms with van der Waals surface area (Å²) in [5.74, 6) is 5.37. The second kappa shape index (κ2) is 8.77. The predicted octanol–water partition coefficient (Wildman–Crippen LogP) is 5.05. The molecule has 0 aliphatic carbocycles. The minimum atomic E-state index is 0.136. The van der Waals surface area contributed by atoms with Crippen LogP contribution in [-0.2, 0) is 0 Å². The molecule has 1 aromatic heterocycles. The fourth-order valence-corrected chi connectivity index (χ4v) is 2.98. The predicted molar refractivity (Wildman–Crippen MR) is 111 cm³/mol. The number of aromatic hydroxyl groups is 2. The quantitative estimate of drug-likeness (QED) is 0.223. The third-order valence-electron chi connectivity index (χ3n) is 3.48. The highest BCUT2D eigenvalue weighted by Crippen LogP contribution is 2.29. The normalized spacial score (nSPS) is 10.2. The molecule has 26 heavy (non-hydrogen) atoms. The number of aromatic nitrogens is 2. The van der Waals surface area contributed by atoms with Crippen molar-refractivity contribution in [1.82, 2.24) is 9.78 Å². The Balaban J connectivity index is 0.000000209. The number of nitrogens with zero attached hydrogens (tertiary/aromatic N) is 2. The molecule has 0 bridgehead atoms. The number of halogens is 3. The molecule has 0 spiro atoms. The summed E-state index contributed by atoms with van der Waals surface area (Å²) in [5.41, 5.74) is 5.06. The Hall–Kier alpha value is -1.74. The second-order valence-corrected chi connectivity index (χ2v) is 7.54. The summed E-state index contributed by atoms with van der Waals surface area (Å²) in [4.78, 5) is 0. The van der Waals surface area contributed by atoms with E-state index in [1.165, 1.54) is 0 Å². The number of phenols is 2. The summed E-state index contributed by atoms with van der Waals surface area (Å²) >= 11 is 12.5. The van der Waals surface area contributed by atoms with Crippen molar-refractivity contribution < 1.29 is 10.2 Å². The largest absolute Gasteiger partial charge is 0.506 e. The summed E-state index contributed by atoms with van der Waals surface area (Å²) in [7, 11) is 0. The molecule has 1 heterocycles. The topological polar surface area (TPSA) is 96.3 Å². The van der Waals surface area contributed by atoms with E-state index in [1.807, 2.05) is 19.9 Å². The number of nitrogens with two attached hydrogens (primary N) is 1. The first kappa shape index (κ1) is 20.6. The number of hydrazine groups is 1. The van der Waals surface area contributed by atoms with Gasteiger partial charge in [-0.3, -0.25) is 5.84 Å². The van der Waals surface area contributed by atoms with Crippen LogP contribution in [0.2, 0.25) is 5.02 Å². The third kappa shape index (κ3) is 4.70. The molecular formula is C17H17Br2ClN4O2. The van der Waals surface area contributed by atoms with Gasteiger partial charge in [0, 0.05) is 8.95 Å². The lowest BCUT2D eigenvalue weighted by Crippen LogP contribution is -2.06. The molecule has 0 saturated carbocycles. The van der Waals surface area contributed by atoms with Gasteiger partial charge in [0.15, 0.2) is 0 Å². The van der Waals surface area contributed by atoms with Crippen molar-refractivity contribution >= 4 is 49.1 Å². The van der Waals surface area contributed by atoms with Gasteiger partial charge in [0.25, 0.3) is 0 Å². The zero-order chi connectivity index (χ0) is 19.4. The number of hydrogen-bond acceptors (Lipinski definition) is 5. The van der Waals surface area contributed by atoms with Gasteiger partial charge in [-0.1, -0.05) is 43.5 Å². The van der Waals surface area contributed by atoms with Crippen LogP contribution in [0.3, 0.4) is 0 Å². The standard InChI is InChI=1S/C11H10BrClN2O.C6H7BrN2O/c1-6-11(13)7(2)15(14-6)9-4-3-8(12)5-10(9)16;7-4-1-2-5(9-8)6(10)3-4/h3-5,16H,1-2H3;1-3,9-10H,8H2. The molecule has 0 amide bonds. The van der Waals surface area contributed by atoms with E-state index in [1.54, 1.807) is 35.0 Å². The second-order valence-electron chi connectivity index (χ2n) is 5.34. The van der Waals surface area contributed by atoms with Crippen molar-refractivity contribution in [2.24, 2.45) is 5.84 Å².